The molecule has 0 saturated heterocycles. The summed E-state index contributed by atoms with van der Waals surface area (Å²) < 4.78 is 5.32. The maximum atomic E-state index is 12.0. The van der Waals surface area contributed by atoms with Gasteiger partial charge in [-0.05, 0) is 43.1 Å². The topological polar surface area (TPSA) is 49.8 Å². The summed E-state index contributed by atoms with van der Waals surface area (Å²) in [6.07, 6.45) is 4.04. The first-order valence-electron chi connectivity index (χ1n) is 7.71. The van der Waals surface area contributed by atoms with E-state index in [-0.39, 0.29) is 6.09 Å². The van der Waals surface area contributed by atoms with Gasteiger partial charge in [0.05, 0.1) is 0 Å². The molecule has 21 heavy (non-hydrogen) atoms. The van der Waals surface area contributed by atoms with Gasteiger partial charge in [0.15, 0.2) is 0 Å². The normalized spacial score (nSPS) is 21.8. The van der Waals surface area contributed by atoms with E-state index < -0.39 is 0 Å². The van der Waals surface area contributed by atoms with Crippen LogP contribution in [0.4, 0.5) is 4.79 Å². The molecule has 1 aliphatic carbocycles. The molecule has 0 bridgehead atoms. The molecule has 0 atom stereocenters. The molecule has 1 amide bonds. The van der Waals surface area contributed by atoms with Crippen molar-refractivity contribution < 1.29 is 14.6 Å². The number of carbonyl (C=O) groups is 1. The molecule has 1 saturated carbocycles. The van der Waals surface area contributed by atoms with Gasteiger partial charge in [-0.1, -0.05) is 30.3 Å². The lowest BCUT2D eigenvalue weighted by molar-refractivity contribution is 0.0917. The Morgan fingerprint density at radius 2 is 1.81 bits per heavy atom. The number of aliphatic hydroxyl groups excluding tert-OH is 1. The fraction of sp³-hybridized carbons (Fsp3) is 0.588. The minimum atomic E-state index is -0.261. The van der Waals surface area contributed by atoms with E-state index in [9.17, 15) is 4.79 Å². The van der Waals surface area contributed by atoms with Crippen molar-refractivity contribution in [2.24, 2.45) is 11.8 Å². The minimum Gasteiger partial charge on any atom is -0.445 e. The van der Waals surface area contributed by atoms with Crippen LogP contribution in [-0.4, -0.2) is 36.3 Å². The van der Waals surface area contributed by atoms with Crippen molar-refractivity contribution in [3.8, 4) is 0 Å². The molecule has 0 spiro atoms. The number of aliphatic hydroxyl groups is 1. The molecule has 1 N–H and O–H groups in total. The van der Waals surface area contributed by atoms with Crippen LogP contribution in [-0.2, 0) is 11.3 Å². The molecule has 2 rings (SSSR count). The Labute approximate surface area is 126 Å². The molecule has 116 valence electrons. The summed E-state index contributed by atoms with van der Waals surface area (Å²) in [5, 5.41) is 9.14. The number of nitrogens with zero attached hydrogens (tertiary/aromatic N) is 1. The summed E-state index contributed by atoms with van der Waals surface area (Å²) >= 11 is 0. The second kappa shape index (κ2) is 8.03. The van der Waals surface area contributed by atoms with Crippen molar-refractivity contribution in [1.82, 2.24) is 4.90 Å². The standard InChI is InChI=1S/C17H25NO3/c1-18(11-14-7-9-15(12-19)10-8-14)17(20)21-13-16-5-3-2-4-6-16/h2-6,14-15,19H,7-13H2,1H3/t14-,15-. The molecule has 0 radical (unpaired) electrons. The molecule has 0 unspecified atom stereocenters. The number of amides is 1. The average Bonchev–Trinajstić information content (AvgIpc) is 2.54. The van der Waals surface area contributed by atoms with E-state index in [4.69, 9.17) is 9.84 Å². The second-order valence-corrected chi connectivity index (χ2v) is 5.99. The smallest absolute Gasteiger partial charge is 0.409 e. The van der Waals surface area contributed by atoms with Crippen LogP contribution in [0, 0.1) is 11.8 Å². The molecule has 1 aromatic rings. The van der Waals surface area contributed by atoms with E-state index in [0.29, 0.717) is 25.0 Å². The molecule has 1 aliphatic rings. The Bertz CT molecular complexity index is 427. The summed E-state index contributed by atoms with van der Waals surface area (Å²) in [4.78, 5) is 13.6. The van der Waals surface area contributed by atoms with Gasteiger partial charge in [0, 0.05) is 20.2 Å². The SMILES string of the molecule is CN(C[C@H]1CC[C@H](CO)CC1)C(=O)OCc1ccccc1. The lowest BCUT2D eigenvalue weighted by Gasteiger charge is -2.30. The Kier molecular flexibility index (Phi) is 6.05. The summed E-state index contributed by atoms with van der Waals surface area (Å²) in [5.74, 6) is 0.985. The highest BCUT2D eigenvalue weighted by Crippen LogP contribution is 2.28. The summed E-state index contributed by atoms with van der Waals surface area (Å²) in [5.41, 5.74) is 1.00. The van der Waals surface area contributed by atoms with E-state index in [1.165, 1.54) is 0 Å². The first-order valence-corrected chi connectivity index (χ1v) is 7.71. The molecule has 4 heteroatoms. The van der Waals surface area contributed by atoms with Gasteiger partial charge in [0.25, 0.3) is 0 Å². The first-order chi connectivity index (χ1) is 10.2. The molecule has 1 aromatic carbocycles. The summed E-state index contributed by atoms with van der Waals surface area (Å²) in [6, 6.07) is 9.71. The van der Waals surface area contributed by atoms with Gasteiger partial charge in [0.1, 0.15) is 6.61 Å². The number of carbonyl (C=O) groups excluding carboxylic acids is 1. The molecule has 0 aromatic heterocycles. The largest absolute Gasteiger partial charge is 0.445 e. The first kappa shape index (κ1) is 15.8. The third kappa shape index (κ3) is 5.05. The summed E-state index contributed by atoms with van der Waals surface area (Å²) in [7, 11) is 1.80. The molecule has 4 nitrogen and oxygen atoms in total. The zero-order chi connectivity index (χ0) is 15.1. The van der Waals surface area contributed by atoms with E-state index in [0.717, 1.165) is 37.8 Å². The Morgan fingerprint density at radius 1 is 1.19 bits per heavy atom. The number of benzene rings is 1. The van der Waals surface area contributed by atoms with E-state index >= 15 is 0 Å². The van der Waals surface area contributed by atoms with Crippen LogP contribution in [0.3, 0.4) is 0 Å². The van der Waals surface area contributed by atoms with E-state index in [1.807, 2.05) is 30.3 Å². The van der Waals surface area contributed by atoms with Crippen molar-refractivity contribution in [3.05, 3.63) is 35.9 Å². The quantitative estimate of drug-likeness (QED) is 0.907. The van der Waals surface area contributed by atoms with Crippen LogP contribution >= 0.6 is 0 Å². The van der Waals surface area contributed by atoms with Crippen LogP contribution in [0.1, 0.15) is 31.2 Å². The highest BCUT2D eigenvalue weighted by atomic mass is 16.6. The zero-order valence-corrected chi connectivity index (χ0v) is 12.7. The van der Waals surface area contributed by atoms with E-state index in [1.54, 1.807) is 11.9 Å². The maximum absolute atomic E-state index is 12.0. The van der Waals surface area contributed by atoms with Crippen molar-refractivity contribution in [2.75, 3.05) is 20.2 Å². The number of hydrogen-bond donors (Lipinski definition) is 1. The average molecular weight is 291 g/mol. The van der Waals surface area contributed by atoms with Gasteiger partial charge in [-0.2, -0.15) is 0 Å². The maximum Gasteiger partial charge on any atom is 0.409 e. The molecular formula is C17H25NO3. The molecule has 0 heterocycles. The Morgan fingerprint density at radius 3 is 2.43 bits per heavy atom. The molecular weight excluding hydrogens is 266 g/mol. The van der Waals surface area contributed by atoms with Crippen LogP contribution in [0.15, 0.2) is 30.3 Å². The van der Waals surface area contributed by atoms with Gasteiger partial charge in [-0.25, -0.2) is 4.79 Å². The molecule has 0 aliphatic heterocycles. The van der Waals surface area contributed by atoms with Gasteiger partial charge < -0.3 is 14.7 Å². The van der Waals surface area contributed by atoms with Crippen LogP contribution < -0.4 is 0 Å². The Balaban J connectivity index is 1.70. The Hall–Kier alpha value is -1.55. The zero-order valence-electron chi connectivity index (χ0n) is 12.7. The highest BCUT2D eigenvalue weighted by molar-refractivity contribution is 5.67. The lowest BCUT2D eigenvalue weighted by Crippen LogP contribution is -2.34. The van der Waals surface area contributed by atoms with Crippen molar-refractivity contribution in [2.45, 2.75) is 32.3 Å². The number of ether oxygens (including phenoxy) is 1. The molecule has 1 fully saturated rings. The van der Waals surface area contributed by atoms with Crippen LogP contribution in [0.25, 0.3) is 0 Å². The van der Waals surface area contributed by atoms with Crippen molar-refractivity contribution >= 4 is 6.09 Å². The summed E-state index contributed by atoms with van der Waals surface area (Å²) in [6.45, 7) is 1.36. The van der Waals surface area contributed by atoms with Gasteiger partial charge in [0.2, 0.25) is 0 Å². The predicted octanol–water partition coefficient (Wildman–Crippen LogP) is 3.05. The fourth-order valence-corrected chi connectivity index (χ4v) is 2.89. The highest BCUT2D eigenvalue weighted by Gasteiger charge is 2.23. The third-order valence-electron chi connectivity index (χ3n) is 4.27. The van der Waals surface area contributed by atoms with Crippen molar-refractivity contribution in [3.63, 3.8) is 0 Å². The lowest BCUT2D eigenvalue weighted by atomic mass is 9.82. The third-order valence-corrected chi connectivity index (χ3v) is 4.27. The van der Waals surface area contributed by atoms with Crippen molar-refractivity contribution in [1.29, 1.82) is 0 Å². The predicted molar refractivity (Wildman–Crippen MR) is 81.8 cm³/mol. The van der Waals surface area contributed by atoms with Gasteiger partial charge in [-0.15, -0.1) is 0 Å². The number of rotatable bonds is 5. The van der Waals surface area contributed by atoms with E-state index in [2.05, 4.69) is 0 Å². The van der Waals surface area contributed by atoms with Crippen LogP contribution in [0.5, 0.6) is 0 Å². The minimum absolute atomic E-state index is 0.261. The van der Waals surface area contributed by atoms with Crippen LogP contribution in [0.2, 0.25) is 0 Å². The second-order valence-electron chi connectivity index (χ2n) is 5.99. The fourth-order valence-electron chi connectivity index (χ4n) is 2.89. The number of hydrogen-bond acceptors (Lipinski definition) is 3. The van der Waals surface area contributed by atoms with Gasteiger partial charge in [-0.3, -0.25) is 0 Å². The van der Waals surface area contributed by atoms with Gasteiger partial charge >= 0.3 is 6.09 Å². The monoisotopic (exact) mass is 291 g/mol.